The van der Waals surface area contributed by atoms with Crippen LogP contribution in [0.25, 0.3) is 22.3 Å². The quantitative estimate of drug-likeness (QED) is 0.502. The molecule has 1 fully saturated rings. The van der Waals surface area contributed by atoms with Gasteiger partial charge in [-0.25, -0.2) is 14.4 Å². The number of hydrogen-bond donors (Lipinski definition) is 1. The topological polar surface area (TPSA) is 75.9 Å². The first-order chi connectivity index (χ1) is 16.1. The summed E-state index contributed by atoms with van der Waals surface area (Å²) >= 11 is 0. The monoisotopic (exact) mass is 444 g/mol. The predicted octanol–water partition coefficient (Wildman–Crippen LogP) is 4.08. The van der Waals surface area contributed by atoms with Crippen molar-refractivity contribution in [3.8, 4) is 11.4 Å². The molecule has 1 aliphatic heterocycles. The number of anilines is 1. The van der Waals surface area contributed by atoms with Crippen LogP contribution in [0.4, 0.5) is 10.2 Å². The number of carbonyl (C=O) groups is 1. The highest BCUT2D eigenvalue weighted by Crippen LogP contribution is 2.29. The second-order valence-electron chi connectivity index (χ2n) is 8.31. The van der Waals surface area contributed by atoms with Crippen molar-refractivity contribution in [2.24, 2.45) is 0 Å². The van der Waals surface area contributed by atoms with Crippen molar-refractivity contribution in [2.75, 3.05) is 25.5 Å². The molecule has 5 rings (SSSR count). The lowest BCUT2D eigenvalue weighted by Gasteiger charge is -2.33. The first-order valence-corrected chi connectivity index (χ1v) is 11.1. The second kappa shape index (κ2) is 8.97. The number of nitrogens with zero attached hydrogens (tertiary/aromatic N) is 5. The molecule has 168 valence electrons. The summed E-state index contributed by atoms with van der Waals surface area (Å²) in [6, 6.07) is 12.3. The van der Waals surface area contributed by atoms with E-state index < -0.39 is 0 Å². The molecule has 7 nitrogen and oxygen atoms in total. The largest absolute Gasteiger partial charge is 0.373 e. The maximum absolute atomic E-state index is 13.7. The van der Waals surface area contributed by atoms with Crippen LogP contribution in [0.15, 0.2) is 61.1 Å². The van der Waals surface area contributed by atoms with Gasteiger partial charge in [0.2, 0.25) is 5.91 Å². The molecule has 0 aliphatic carbocycles. The van der Waals surface area contributed by atoms with Crippen molar-refractivity contribution in [3.63, 3.8) is 0 Å². The summed E-state index contributed by atoms with van der Waals surface area (Å²) < 4.78 is 15.5. The van der Waals surface area contributed by atoms with Crippen LogP contribution in [0.2, 0.25) is 0 Å². The van der Waals surface area contributed by atoms with Gasteiger partial charge in [-0.1, -0.05) is 0 Å². The van der Waals surface area contributed by atoms with E-state index in [-0.39, 0.29) is 24.2 Å². The molecule has 1 aromatic carbocycles. The number of rotatable bonds is 5. The normalized spacial score (nSPS) is 16.2. The number of carbonyl (C=O) groups excluding carboxylic acids is 1. The van der Waals surface area contributed by atoms with Gasteiger partial charge in [-0.05, 0) is 54.6 Å². The van der Waals surface area contributed by atoms with Gasteiger partial charge in [-0.3, -0.25) is 9.78 Å². The highest BCUT2D eigenvalue weighted by molar-refractivity contribution is 5.83. The van der Waals surface area contributed by atoms with Gasteiger partial charge in [0.15, 0.2) is 5.82 Å². The molecular formula is C25H25FN6O. The lowest BCUT2D eigenvalue weighted by atomic mass is 9.94. The number of hydrogen-bond acceptors (Lipinski definition) is 5. The summed E-state index contributed by atoms with van der Waals surface area (Å²) in [5.41, 5.74) is 2.55. The minimum Gasteiger partial charge on any atom is -0.373 e. The van der Waals surface area contributed by atoms with Gasteiger partial charge in [0.1, 0.15) is 18.2 Å². The predicted molar refractivity (Wildman–Crippen MR) is 125 cm³/mol. The molecular weight excluding hydrogens is 419 g/mol. The zero-order valence-electron chi connectivity index (χ0n) is 18.4. The van der Waals surface area contributed by atoms with E-state index in [0.29, 0.717) is 18.9 Å². The van der Waals surface area contributed by atoms with Crippen LogP contribution in [0, 0.1) is 5.82 Å². The number of piperidine rings is 1. The minimum atomic E-state index is -0.304. The van der Waals surface area contributed by atoms with Gasteiger partial charge >= 0.3 is 0 Å². The Morgan fingerprint density at radius 1 is 1.15 bits per heavy atom. The number of aromatic nitrogens is 4. The molecule has 33 heavy (non-hydrogen) atoms. The average molecular weight is 445 g/mol. The van der Waals surface area contributed by atoms with E-state index in [4.69, 9.17) is 4.98 Å². The van der Waals surface area contributed by atoms with Crippen molar-refractivity contribution < 1.29 is 9.18 Å². The summed E-state index contributed by atoms with van der Waals surface area (Å²) in [7, 11) is 1.84. The fraction of sp³-hybridized carbons (Fsp3) is 0.280. The summed E-state index contributed by atoms with van der Waals surface area (Å²) in [5, 5.41) is 4.04. The summed E-state index contributed by atoms with van der Waals surface area (Å²) in [6.45, 7) is 1.50. The van der Waals surface area contributed by atoms with E-state index in [1.54, 1.807) is 18.5 Å². The van der Waals surface area contributed by atoms with Crippen molar-refractivity contribution in [1.82, 2.24) is 24.4 Å². The zero-order chi connectivity index (χ0) is 22.8. The van der Waals surface area contributed by atoms with Crippen molar-refractivity contribution in [3.05, 3.63) is 72.6 Å². The highest BCUT2D eigenvalue weighted by Gasteiger charge is 2.27. The Hall–Kier alpha value is -3.81. The van der Waals surface area contributed by atoms with Gasteiger partial charge in [-0.2, -0.15) is 0 Å². The van der Waals surface area contributed by atoms with Crippen LogP contribution >= 0.6 is 0 Å². The molecule has 3 aromatic heterocycles. The maximum atomic E-state index is 13.7. The summed E-state index contributed by atoms with van der Waals surface area (Å²) in [4.78, 5) is 28.5. The number of fused-ring (bicyclic) bond motifs is 1. The summed E-state index contributed by atoms with van der Waals surface area (Å²) in [5.74, 6) is 1.23. The van der Waals surface area contributed by atoms with Crippen molar-refractivity contribution >= 4 is 22.6 Å². The SMILES string of the molecule is CNc1cc([C@H]2CCCN(C(=O)Cn3ccc4ccc(F)cc43)C2)nc(-c2ccncc2)n1. The number of pyridine rings is 1. The van der Waals surface area contributed by atoms with Crippen molar-refractivity contribution in [1.29, 1.82) is 0 Å². The highest BCUT2D eigenvalue weighted by atomic mass is 19.1. The third-order valence-electron chi connectivity index (χ3n) is 6.17. The molecule has 1 amide bonds. The third-order valence-corrected chi connectivity index (χ3v) is 6.17. The van der Waals surface area contributed by atoms with E-state index in [1.165, 1.54) is 12.1 Å². The fourth-order valence-electron chi connectivity index (χ4n) is 4.42. The van der Waals surface area contributed by atoms with Crippen LogP contribution in [0.5, 0.6) is 0 Å². The Morgan fingerprint density at radius 2 is 2.00 bits per heavy atom. The molecule has 0 saturated carbocycles. The van der Waals surface area contributed by atoms with E-state index in [9.17, 15) is 9.18 Å². The van der Waals surface area contributed by atoms with Gasteiger partial charge in [0.05, 0.1) is 11.2 Å². The number of halogens is 1. The Balaban J connectivity index is 1.36. The van der Waals surface area contributed by atoms with Crippen LogP contribution in [-0.2, 0) is 11.3 Å². The molecule has 1 aliphatic rings. The Morgan fingerprint density at radius 3 is 2.82 bits per heavy atom. The van der Waals surface area contributed by atoms with Crippen LogP contribution < -0.4 is 5.32 Å². The van der Waals surface area contributed by atoms with Gasteiger partial charge in [0, 0.05) is 56.3 Å². The van der Waals surface area contributed by atoms with Crippen LogP contribution in [0.1, 0.15) is 24.5 Å². The van der Waals surface area contributed by atoms with E-state index >= 15 is 0 Å². The summed E-state index contributed by atoms with van der Waals surface area (Å²) in [6.07, 6.45) is 7.15. The van der Waals surface area contributed by atoms with Gasteiger partial charge < -0.3 is 14.8 Å². The maximum Gasteiger partial charge on any atom is 0.242 e. The molecule has 4 heterocycles. The number of nitrogens with one attached hydrogen (secondary N) is 1. The lowest BCUT2D eigenvalue weighted by molar-refractivity contribution is -0.133. The molecule has 1 saturated heterocycles. The number of benzene rings is 1. The number of amides is 1. The first-order valence-electron chi connectivity index (χ1n) is 11.1. The van der Waals surface area contributed by atoms with Crippen LogP contribution in [-0.4, -0.2) is 50.5 Å². The molecule has 0 radical (unpaired) electrons. The van der Waals surface area contributed by atoms with Gasteiger partial charge in [0.25, 0.3) is 0 Å². The molecule has 4 aromatic rings. The molecule has 8 heteroatoms. The third kappa shape index (κ3) is 4.41. The number of likely N-dealkylation sites (tertiary alicyclic amines) is 1. The molecule has 0 spiro atoms. The van der Waals surface area contributed by atoms with E-state index in [1.807, 2.05) is 47.0 Å². The minimum absolute atomic E-state index is 0.0266. The molecule has 0 unspecified atom stereocenters. The van der Waals surface area contributed by atoms with E-state index in [0.717, 1.165) is 40.8 Å². The lowest BCUT2D eigenvalue weighted by Crippen LogP contribution is -2.41. The Kier molecular flexibility index (Phi) is 5.73. The van der Waals surface area contributed by atoms with E-state index in [2.05, 4.69) is 15.3 Å². The fourth-order valence-corrected chi connectivity index (χ4v) is 4.42. The molecule has 1 atom stereocenters. The molecule has 0 bridgehead atoms. The van der Waals surface area contributed by atoms with Gasteiger partial charge in [-0.15, -0.1) is 0 Å². The first kappa shape index (κ1) is 21.1. The second-order valence-corrected chi connectivity index (χ2v) is 8.31. The van der Waals surface area contributed by atoms with Crippen molar-refractivity contribution in [2.45, 2.75) is 25.3 Å². The standard InChI is InChI=1S/C25H25FN6O/c1-27-23-14-21(29-25(30-23)18-6-9-28-10-7-18)19-3-2-11-32(15-19)24(33)16-31-12-8-17-4-5-20(26)13-22(17)31/h4-10,12-14,19H,2-3,11,15-16H2,1H3,(H,27,29,30)/t19-/m0/s1. The van der Waals surface area contributed by atoms with Crippen LogP contribution in [0.3, 0.4) is 0 Å². The Labute approximate surface area is 191 Å². The molecule has 1 N–H and O–H groups in total. The smallest absolute Gasteiger partial charge is 0.242 e. The Bertz CT molecular complexity index is 1290. The average Bonchev–Trinajstić information content (AvgIpc) is 3.26. The zero-order valence-corrected chi connectivity index (χ0v) is 18.4.